The van der Waals surface area contributed by atoms with Gasteiger partial charge in [0.1, 0.15) is 18.1 Å². The molecule has 0 radical (unpaired) electrons. The first-order chi connectivity index (χ1) is 15.3. The molecule has 3 aromatic rings. The van der Waals surface area contributed by atoms with Crippen molar-refractivity contribution in [3.8, 4) is 5.75 Å². The molecular weight excluding hydrogens is 451 g/mol. The molecule has 0 saturated carbocycles. The fraction of sp³-hybridized carbons (Fsp3) is 0.217. The highest BCUT2D eigenvalue weighted by molar-refractivity contribution is 6.35. The molecule has 1 aliphatic heterocycles. The van der Waals surface area contributed by atoms with Crippen LogP contribution in [-0.4, -0.2) is 36.2 Å². The Morgan fingerprint density at radius 2 is 1.94 bits per heavy atom. The van der Waals surface area contributed by atoms with Crippen molar-refractivity contribution in [3.63, 3.8) is 0 Å². The number of H-pyrrole nitrogens is 1. The van der Waals surface area contributed by atoms with Crippen LogP contribution in [0.5, 0.6) is 5.75 Å². The fourth-order valence-electron chi connectivity index (χ4n) is 3.79. The third kappa shape index (κ3) is 4.69. The van der Waals surface area contributed by atoms with Gasteiger partial charge in [-0.1, -0.05) is 35.3 Å². The van der Waals surface area contributed by atoms with Gasteiger partial charge in [-0.2, -0.15) is 0 Å². The van der Waals surface area contributed by atoms with E-state index in [0.29, 0.717) is 34.6 Å². The Morgan fingerprint density at radius 3 is 2.66 bits per heavy atom. The van der Waals surface area contributed by atoms with Crippen LogP contribution in [0.4, 0.5) is 5.82 Å². The quantitative estimate of drug-likeness (QED) is 0.571. The van der Waals surface area contributed by atoms with Gasteiger partial charge in [0.05, 0.1) is 12.8 Å². The second-order valence-electron chi connectivity index (χ2n) is 7.57. The summed E-state index contributed by atoms with van der Waals surface area (Å²) in [5, 5.41) is 3.94. The molecule has 2 N–H and O–H groups in total. The van der Waals surface area contributed by atoms with Crippen molar-refractivity contribution in [2.24, 2.45) is 0 Å². The molecule has 0 atom stereocenters. The van der Waals surface area contributed by atoms with Crippen molar-refractivity contribution in [3.05, 3.63) is 79.8 Å². The molecule has 2 heterocycles. The summed E-state index contributed by atoms with van der Waals surface area (Å²) in [6.07, 6.45) is 1.89. The van der Waals surface area contributed by atoms with Crippen LogP contribution in [0, 0.1) is 0 Å². The maximum Gasteiger partial charge on any atom is 0.328 e. The lowest BCUT2D eigenvalue weighted by Crippen LogP contribution is -2.34. The van der Waals surface area contributed by atoms with Gasteiger partial charge in [-0.05, 0) is 53.1 Å². The standard InChI is InChI=1S/C23H22Cl2N4O3/c1-28-12-16(15-7-17(24)10-18(25)8-15)9-20-22(28)29(23(31)27-20)13-21(30)26-11-14-4-3-5-19(6-14)32-2/h3-10H,11-13H2,1-2H3,(H,26,30)(H,27,31). The Labute approximate surface area is 195 Å². The molecule has 0 spiro atoms. The number of carbonyl (C=O) groups excluding carboxylic acids is 1. The molecule has 32 heavy (non-hydrogen) atoms. The topological polar surface area (TPSA) is 79.4 Å². The second kappa shape index (κ2) is 9.14. The summed E-state index contributed by atoms with van der Waals surface area (Å²) in [5.74, 6) is 1.11. The van der Waals surface area contributed by atoms with Crippen LogP contribution >= 0.6 is 23.2 Å². The summed E-state index contributed by atoms with van der Waals surface area (Å²) >= 11 is 12.3. The Bertz CT molecular complexity index is 1240. The smallest absolute Gasteiger partial charge is 0.328 e. The Morgan fingerprint density at radius 1 is 1.19 bits per heavy atom. The summed E-state index contributed by atoms with van der Waals surface area (Å²) in [4.78, 5) is 29.9. The summed E-state index contributed by atoms with van der Waals surface area (Å²) < 4.78 is 6.64. The summed E-state index contributed by atoms with van der Waals surface area (Å²) in [7, 11) is 3.46. The molecule has 7 nitrogen and oxygen atoms in total. The first kappa shape index (κ1) is 22.0. The van der Waals surface area contributed by atoms with Crippen molar-refractivity contribution < 1.29 is 9.53 Å². The van der Waals surface area contributed by atoms with Crippen LogP contribution in [0.25, 0.3) is 11.6 Å². The number of carbonyl (C=O) groups is 1. The third-order valence-electron chi connectivity index (χ3n) is 5.23. The van der Waals surface area contributed by atoms with E-state index in [4.69, 9.17) is 27.9 Å². The number of likely N-dealkylation sites (N-methyl/N-ethyl adjacent to an activating group) is 1. The minimum absolute atomic E-state index is 0.0921. The monoisotopic (exact) mass is 472 g/mol. The van der Waals surface area contributed by atoms with Crippen molar-refractivity contribution in [2.75, 3.05) is 25.6 Å². The van der Waals surface area contributed by atoms with Crippen molar-refractivity contribution in [2.45, 2.75) is 13.1 Å². The minimum atomic E-state index is -0.347. The number of hydrogen-bond acceptors (Lipinski definition) is 4. The SMILES string of the molecule is COc1cccc(CNC(=O)Cn2c3c([nH]c2=O)C=C(c2cc(Cl)cc(Cl)c2)CN3C)c1. The summed E-state index contributed by atoms with van der Waals surface area (Å²) in [6, 6.07) is 12.8. The zero-order chi connectivity index (χ0) is 22.8. The molecule has 1 aliphatic rings. The molecule has 0 aliphatic carbocycles. The Hall–Kier alpha value is -3.16. The molecule has 2 aromatic carbocycles. The van der Waals surface area contributed by atoms with Gasteiger partial charge in [0.25, 0.3) is 0 Å². The van der Waals surface area contributed by atoms with Crippen LogP contribution in [0.1, 0.15) is 16.8 Å². The molecular formula is C23H22Cl2N4O3. The zero-order valence-electron chi connectivity index (χ0n) is 17.6. The number of methoxy groups -OCH3 is 1. The normalized spacial score (nSPS) is 12.9. The van der Waals surface area contributed by atoms with E-state index in [1.54, 1.807) is 13.2 Å². The van der Waals surface area contributed by atoms with E-state index >= 15 is 0 Å². The lowest BCUT2D eigenvalue weighted by Gasteiger charge is -2.27. The van der Waals surface area contributed by atoms with E-state index < -0.39 is 0 Å². The van der Waals surface area contributed by atoms with E-state index in [1.165, 1.54) is 4.57 Å². The maximum absolute atomic E-state index is 12.6. The number of fused-ring (bicyclic) bond motifs is 1. The van der Waals surface area contributed by atoms with Gasteiger partial charge in [0.2, 0.25) is 5.91 Å². The average Bonchev–Trinajstić information content (AvgIpc) is 3.07. The summed E-state index contributed by atoms with van der Waals surface area (Å²) in [5.41, 5.74) is 3.03. The summed E-state index contributed by atoms with van der Waals surface area (Å²) in [6.45, 7) is 0.782. The van der Waals surface area contributed by atoms with E-state index in [1.807, 2.05) is 54.4 Å². The van der Waals surface area contributed by atoms with E-state index in [0.717, 1.165) is 22.4 Å². The van der Waals surface area contributed by atoms with Gasteiger partial charge >= 0.3 is 5.69 Å². The second-order valence-corrected chi connectivity index (χ2v) is 8.44. The highest BCUT2D eigenvalue weighted by Gasteiger charge is 2.24. The molecule has 0 saturated heterocycles. The van der Waals surface area contributed by atoms with Crippen LogP contribution < -0.4 is 20.6 Å². The van der Waals surface area contributed by atoms with Crippen molar-refractivity contribution in [1.82, 2.24) is 14.9 Å². The number of ether oxygens (including phenoxy) is 1. The molecule has 4 rings (SSSR count). The Balaban J connectivity index is 1.53. The number of aromatic amines is 1. The number of imidazole rings is 1. The molecule has 0 bridgehead atoms. The zero-order valence-corrected chi connectivity index (χ0v) is 19.1. The number of nitrogens with zero attached hydrogens (tertiary/aromatic N) is 2. The van der Waals surface area contributed by atoms with Crippen molar-refractivity contribution in [1.29, 1.82) is 0 Å². The van der Waals surface area contributed by atoms with E-state index in [-0.39, 0.29) is 18.1 Å². The first-order valence-electron chi connectivity index (χ1n) is 9.94. The van der Waals surface area contributed by atoms with Gasteiger partial charge in [-0.3, -0.25) is 9.36 Å². The lowest BCUT2D eigenvalue weighted by molar-refractivity contribution is -0.121. The van der Waals surface area contributed by atoms with E-state index in [9.17, 15) is 9.59 Å². The van der Waals surface area contributed by atoms with Gasteiger partial charge in [0.15, 0.2) is 0 Å². The highest BCUT2D eigenvalue weighted by atomic mass is 35.5. The van der Waals surface area contributed by atoms with Gasteiger partial charge in [-0.15, -0.1) is 0 Å². The average molecular weight is 473 g/mol. The lowest BCUT2D eigenvalue weighted by atomic mass is 10.0. The number of halogens is 2. The fourth-order valence-corrected chi connectivity index (χ4v) is 4.31. The van der Waals surface area contributed by atoms with Crippen LogP contribution in [0.3, 0.4) is 0 Å². The van der Waals surface area contributed by atoms with Crippen molar-refractivity contribution >= 4 is 46.6 Å². The molecule has 0 fully saturated rings. The highest BCUT2D eigenvalue weighted by Crippen LogP contribution is 2.32. The van der Waals surface area contributed by atoms with Gasteiger partial charge in [0, 0.05) is 30.2 Å². The van der Waals surface area contributed by atoms with Crippen LogP contribution in [0.15, 0.2) is 47.3 Å². The molecule has 0 unspecified atom stereocenters. The Kier molecular flexibility index (Phi) is 6.30. The van der Waals surface area contributed by atoms with Crippen LogP contribution in [0.2, 0.25) is 10.0 Å². The minimum Gasteiger partial charge on any atom is -0.497 e. The van der Waals surface area contributed by atoms with E-state index in [2.05, 4.69) is 10.3 Å². The largest absolute Gasteiger partial charge is 0.497 e. The number of benzene rings is 2. The predicted octanol–water partition coefficient (Wildman–Crippen LogP) is 3.80. The number of rotatable bonds is 6. The molecule has 9 heteroatoms. The third-order valence-corrected chi connectivity index (χ3v) is 5.67. The van der Waals surface area contributed by atoms with Crippen LogP contribution in [-0.2, 0) is 17.9 Å². The molecule has 1 amide bonds. The van der Waals surface area contributed by atoms with Gasteiger partial charge < -0.3 is 19.9 Å². The molecule has 1 aromatic heterocycles. The van der Waals surface area contributed by atoms with Gasteiger partial charge in [-0.25, -0.2) is 4.79 Å². The number of amides is 1. The number of aromatic nitrogens is 2. The predicted molar refractivity (Wildman–Crippen MR) is 127 cm³/mol. The molecule has 166 valence electrons. The number of anilines is 1. The number of hydrogen-bond donors (Lipinski definition) is 2. The number of nitrogens with one attached hydrogen (secondary N) is 2. The maximum atomic E-state index is 12.6. The first-order valence-corrected chi connectivity index (χ1v) is 10.7.